The van der Waals surface area contributed by atoms with Crippen LogP contribution in [0.2, 0.25) is 0 Å². The fourth-order valence-electron chi connectivity index (χ4n) is 2.51. The van der Waals surface area contributed by atoms with Crippen molar-refractivity contribution in [3.63, 3.8) is 0 Å². The smallest absolute Gasteiger partial charge is 0.0269 e. The summed E-state index contributed by atoms with van der Waals surface area (Å²) in [7, 11) is 0. The van der Waals surface area contributed by atoms with Crippen molar-refractivity contribution in [2.75, 3.05) is 0 Å². The van der Waals surface area contributed by atoms with Gasteiger partial charge < -0.3 is 0 Å². The minimum absolute atomic E-state index is 0.776. The molecular weight excluding hydrogens is 264 g/mol. The Balaban J connectivity index is 3.78. The molecule has 1 unspecified atom stereocenters. The SMILES string of the molecule is C#CCC=C(C)CCCC(C)CCC=C(C)CCC=C(C)C. The monoisotopic (exact) mass is 300 g/mol. The maximum Gasteiger partial charge on any atom is 0.0269 e. The fraction of sp³-hybridized carbons (Fsp3) is 0.636. The van der Waals surface area contributed by atoms with Crippen LogP contribution in [0.25, 0.3) is 0 Å². The molecule has 0 spiro atoms. The van der Waals surface area contributed by atoms with Gasteiger partial charge in [-0.25, -0.2) is 0 Å². The van der Waals surface area contributed by atoms with Crippen molar-refractivity contribution in [1.29, 1.82) is 0 Å². The lowest BCUT2D eigenvalue weighted by molar-refractivity contribution is 0.478. The summed E-state index contributed by atoms with van der Waals surface area (Å²) in [6.45, 7) is 11.2. The predicted molar refractivity (Wildman–Crippen MR) is 102 cm³/mol. The predicted octanol–water partition coefficient (Wildman–Crippen LogP) is 7.24. The summed E-state index contributed by atoms with van der Waals surface area (Å²) >= 11 is 0. The van der Waals surface area contributed by atoms with E-state index in [4.69, 9.17) is 6.42 Å². The second-order valence-corrected chi connectivity index (χ2v) is 6.90. The highest BCUT2D eigenvalue weighted by Crippen LogP contribution is 2.18. The molecule has 0 aromatic carbocycles. The quantitative estimate of drug-likeness (QED) is 0.279. The van der Waals surface area contributed by atoms with Gasteiger partial charge in [-0.15, -0.1) is 12.3 Å². The van der Waals surface area contributed by atoms with E-state index in [1.807, 2.05) is 0 Å². The van der Waals surface area contributed by atoms with Gasteiger partial charge in [0.1, 0.15) is 0 Å². The second-order valence-electron chi connectivity index (χ2n) is 6.90. The highest BCUT2D eigenvalue weighted by atomic mass is 14.1. The Bertz CT molecular complexity index is 408. The molecule has 124 valence electrons. The molecule has 0 aliphatic heterocycles. The molecule has 0 nitrogen and oxygen atoms in total. The first kappa shape index (κ1) is 20.8. The molecule has 0 aromatic heterocycles. The number of hydrogen-bond acceptors (Lipinski definition) is 0. The van der Waals surface area contributed by atoms with E-state index in [9.17, 15) is 0 Å². The van der Waals surface area contributed by atoms with Crippen LogP contribution in [0.5, 0.6) is 0 Å². The van der Waals surface area contributed by atoms with Gasteiger partial charge in [0.2, 0.25) is 0 Å². The molecule has 22 heavy (non-hydrogen) atoms. The average Bonchev–Trinajstić information content (AvgIpc) is 2.44. The summed E-state index contributed by atoms with van der Waals surface area (Å²) in [6, 6.07) is 0. The van der Waals surface area contributed by atoms with Gasteiger partial charge in [-0.05, 0) is 72.1 Å². The molecule has 1 atom stereocenters. The first-order chi connectivity index (χ1) is 10.5. The molecule has 0 aliphatic rings. The van der Waals surface area contributed by atoms with Gasteiger partial charge in [-0.3, -0.25) is 0 Å². The van der Waals surface area contributed by atoms with Crippen LogP contribution in [-0.4, -0.2) is 0 Å². The van der Waals surface area contributed by atoms with Gasteiger partial charge in [0.05, 0.1) is 0 Å². The molecule has 0 bridgehead atoms. The van der Waals surface area contributed by atoms with Crippen molar-refractivity contribution < 1.29 is 0 Å². The zero-order valence-corrected chi connectivity index (χ0v) is 15.5. The molecule has 0 N–H and O–H groups in total. The van der Waals surface area contributed by atoms with Crippen LogP contribution in [-0.2, 0) is 0 Å². The standard InChI is InChI=1S/C22H36/c1-7-8-13-20(4)15-10-17-22(6)18-11-16-21(5)14-9-12-19(2)3/h1,12-13,16,22H,8-11,14-15,17-18H2,2-6H3. The largest absolute Gasteiger partial charge is 0.120 e. The molecule has 0 radical (unpaired) electrons. The molecule has 0 aromatic rings. The van der Waals surface area contributed by atoms with Gasteiger partial charge in [0.25, 0.3) is 0 Å². The molecule has 0 amide bonds. The van der Waals surface area contributed by atoms with Gasteiger partial charge in [0.15, 0.2) is 0 Å². The minimum Gasteiger partial charge on any atom is -0.120 e. The molecule has 0 aliphatic carbocycles. The van der Waals surface area contributed by atoms with E-state index in [2.05, 4.69) is 58.8 Å². The fourth-order valence-corrected chi connectivity index (χ4v) is 2.51. The molecule has 0 saturated carbocycles. The van der Waals surface area contributed by atoms with Crippen LogP contribution in [0.1, 0.15) is 86.0 Å². The van der Waals surface area contributed by atoms with Crippen molar-refractivity contribution >= 4 is 0 Å². The summed E-state index contributed by atoms with van der Waals surface area (Å²) < 4.78 is 0. The molecular formula is C22H36. The lowest BCUT2D eigenvalue weighted by atomic mass is 9.96. The molecule has 0 rings (SSSR count). The van der Waals surface area contributed by atoms with Crippen LogP contribution in [0.3, 0.4) is 0 Å². The lowest BCUT2D eigenvalue weighted by Gasteiger charge is -2.10. The van der Waals surface area contributed by atoms with Crippen LogP contribution in [0.4, 0.5) is 0 Å². The number of hydrogen-bond donors (Lipinski definition) is 0. The van der Waals surface area contributed by atoms with Crippen molar-refractivity contribution in [2.24, 2.45) is 5.92 Å². The summed E-state index contributed by atoms with van der Waals surface area (Å²) in [5.74, 6) is 3.49. The first-order valence-electron chi connectivity index (χ1n) is 8.83. The minimum atomic E-state index is 0.776. The van der Waals surface area contributed by atoms with E-state index in [-0.39, 0.29) is 0 Å². The van der Waals surface area contributed by atoms with E-state index >= 15 is 0 Å². The Morgan fingerprint density at radius 3 is 2.23 bits per heavy atom. The molecule has 0 heterocycles. The Morgan fingerprint density at radius 1 is 0.909 bits per heavy atom. The Labute approximate surface area is 139 Å². The van der Waals surface area contributed by atoms with Crippen LogP contribution in [0.15, 0.2) is 34.9 Å². The maximum atomic E-state index is 5.27. The van der Waals surface area contributed by atoms with Gasteiger partial charge in [-0.2, -0.15) is 0 Å². The second kappa shape index (κ2) is 13.4. The Kier molecular flexibility index (Phi) is 12.7. The number of terminal acetylenes is 1. The van der Waals surface area contributed by atoms with Crippen molar-refractivity contribution in [1.82, 2.24) is 0 Å². The third-order valence-electron chi connectivity index (χ3n) is 4.08. The summed E-state index contributed by atoms with van der Waals surface area (Å²) in [4.78, 5) is 0. The summed E-state index contributed by atoms with van der Waals surface area (Å²) in [5.41, 5.74) is 4.41. The van der Waals surface area contributed by atoms with Gasteiger partial charge in [0, 0.05) is 6.42 Å². The van der Waals surface area contributed by atoms with Crippen LogP contribution >= 0.6 is 0 Å². The maximum absolute atomic E-state index is 5.27. The Hall–Kier alpha value is -1.22. The number of allylic oxidation sites excluding steroid dienone is 6. The molecule has 0 saturated heterocycles. The van der Waals surface area contributed by atoms with Gasteiger partial charge >= 0.3 is 0 Å². The zero-order chi connectivity index (χ0) is 16.8. The van der Waals surface area contributed by atoms with E-state index in [0.29, 0.717) is 0 Å². The van der Waals surface area contributed by atoms with E-state index in [1.54, 1.807) is 0 Å². The van der Waals surface area contributed by atoms with Crippen LogP contribution < -0.4 is 0 Å². The first-order valence-corrected chi connectivity index (χ1v) is 8.83. The van der Waals surface area contributed by atoms with E-state index in [1.165, 1.54) is 61.7 Å². The zero-order valence-electron chi connectivity index (χ0n) is 15.5. The lowest BCUT2D eigenvalue weighted by Crippen LogP contribution is -1.94. The summed E-state index contributed by atoms with van der Waals surface area (Å²) in [6.07, 6.45) is 21.7. The normalized spacial score (nSPS) is 13.6. The third kappa shape index (κ3) is 13.7. The van der Waals surface area contributed by atoms with Crippen LogP contribution in [0, 0.1) is 18.3 Å². The third-order valence-corrected chi connectivity index (χ3v) is 4.08. The highest BCUT2D eigenvalue weighted by Gasteiger charge is 2.01. The van der Waals surface area contributed by atoms with Crippen molar-refractivity contribution in [3.05, 3.63) is 34.9 Å². The summed E-state index contributed by atoms with van der Waals surface area (Å²) in [5, 5.41) is 0. The Morgan fingerprint density at radius 2 is 1.59 bits per heavy atom. The average molecular weight is 301 g/mol. The molecule has 0 heteroatoms. The van der Waals surface area contributed by atoms with Crippen molar-refractivity contribution in [2.45, 2.75) is 86.0 Å². The van der Waals surface area contributed by atoms with Crippen molar-refractivity contribution in [3.8, 4) is 12.3 Å². The van der Waals surface area contributed by atoms with E-state index in [0.717, 1.165) is 12.3 Å². The highest BCUT2D eigenvalue weighted by molar-refractivity contribution is 5.04. The number of rotatable bonds is 11. The molecule has 0 fully saturated rings. The van der Waals surface area contributed by atoms with Gasteiger partial charge in [-0.1, -0.05) is 48.3 Å². The van der Waals surface area contributed by atoms with E-state index < -0.39 is 0 Å². The topological polar surface area (TPSA) is 0 Å².